The van der Waals surface area contributed by atoms with E-state index in [0.717, 1.165) is 30.8 Å². The monoisotopic (exact) mass is 346 g/mol. The molecule has 0 aliphatic carbocycles. The first-order valence-electron chi connectivity index (χ1n) is 7.08. The highest BCUT2D eigenvalue weighted by molar-refractivity contribution is 8.00. The van der Waals surface area contributed by atoms with Gasteiger partial charge in [0.05, 0.1) is 10.8 Å². The minimum Gasteiger partial charge on any atom is -0.342 e. The van der Waals surface area contributed by atoms with Gasteiger partial charge in [-0.05, 0) is 43.9 Å². The van der Waals surface area contributed by atoms with Crippen LogP contribution in [0.25, 0.3) is 0 Å². The number of carbonyl (C=O) groups is 1. The Labute approximate surface area is 140 Å². The molecule has 1 fully saturated rings. The van der Waals surface area contributed by atoms with Crippen molar-refractivity contribution in [2.75, 3.05) is 18.8 Å². The number of benzene rings is 1. The smallest absolute Gasteiger partial charge is 0.232 e. The second kappa shape index (κ2) is 7.73. The minimum absolute atomic E-state index is 0.135. The molecule has 2 unspecified atom stereocenters. The first kappa shape index (κ1) is 16.9. The molecule has 0 radical (unpaired) electrons. The fourth-order valence-corrected chi connectivity index (χ4v) is 3.88. The van der Waals surface area contributed by atoms with E-state index >= 15 is 0 Å². The number of nitrogens with zero attached hydrogens (tertiary/aromatic N) is 1. The molecule has 2 rings (SSSR count). The lowest BCUT2D eigenvalue weighted by molar-refractivity contribution is -0.130. The Morgan fingerprint density at radius 1 is 1.52 bits per heavy atom. The van der Waals surface area contributed by atoms with E-state index in [4.69, 9.17) is 28.9 Å². The standard InChI is InChI=1S/C15H20Cl2N2OS/c1-10(18)11-3-2-6-19(8-11)15(20)9-21-14-7-12(16)4-5-13(14)17/h4-5,7,10-11H,2-3,6,8-9,18H2,1H3. The summed E-state index contributed by atoms with van der Waals surface area (Å²) >= 11 is 13.5. The molecule has 1 aromatic carbocycles. The van der Waals surface area contributed by atoms with Crippen molar-refractivity contribution in [1.29, 1.82) is 0 Å². The van der Waals surface area contributed by atoms with Crippen molar-refractivity contribution >= 4 is 40.9 Å². The topological polar surface area (TPSA) is 46.3 Å². The second-order valence-corrected chi connectivity index (χ2v) is 7.33. The maximum atomic E-state index is 12.3. The maximum Gasteiger partial charge on any atom is 0.232 e. The number of hydrogen-bond acceptors (Lipinski definition) is 3. The molecule has 0 aromatic heterocycles. The van der Waals surface area contributed by atoms with Crippen LogP contribution in [0.5, 0.6) is 0 Å². The second-order valence-electron chi connectivity index (χ2n) is 5.46. The molecule has 1 aliphatic heterocycles. The third-order valence-electron chi connectivity index (χ3n) is 3.80. The van der Waals surface area contributed by atoms with E-state index in [2.05, 4.69) is 0 Å². The molecule has 1 amide bonds. The van der Waals surface area contributed by atoms with Crippen molar-refractivity contribution in [2.45, 2.75) is 30.7 Å². The van der Waals surface area contributed by atoms with E-state index in [9.17, 15) is 4.79 Å². The zero-order valence-corrected chi connectivity index (χ0v) is 14.3. The third kappa shape index (κ3) is 4.78. The highest BCUT2D eigenvalue weighted by Crippen LogP contribution is 2.30. The van der Waals surface area contributed by atoms with E-state index in [1.807, 2.05) is 11.8 Å². The largest absolute Gasteiger partial charge is 0.342 e. The van der Waals surface area contributed by atoms with Crippen LogP contribution in [0.15, 0.2) is 23.1 Å². The third-order valence-corrected chi connectivity index (χ3v) is 5.52. The molecule has 6 heteroatoms. The lowest BCUT2D eigenvalue weighted by Crippen LogP contribution is -2.45. The Bertz CT molecular complexity index is 510. The van der Waals surface area contributed by atoms with Gasteiger partial charge in [0.1, 0.15) is 0 Å². The van der Waals surface area contributed by atoms with Crippen molar-refractivity contribution in [2.24, 2.45) is 11.7 Å². The fraction of sp³-hybridized carbons (Fsp3) is 0.533. The molecule has 116 valence electrons. The van der Waals surface area contributed by atoms with Crippen LogP contribution >= 0.6 is 35.0 Å². The van der Waals surface area contributed by atoms with Gasteiger partial charge in [-0.1, -0.05) is 23.2 Å². The summed E-state index contributed by atoms with van der Waals surface area (Å²) in [5, 5.41) is 1.26. The van der Waals surface area contributed by atoms with E-state index < -0.39 is 0 Å². The van der Waals surface area contributed by atoms with Crippen LogP contribution in [0.1, 0.15) is 19.8 Å². The number of nitrogens with two attached hydrogens (primary N) is 1. The number of rotatable bonds is 4. The molecule has 1 aromatic rings. The van der Waals surface area contributed by atoms with Gasteiger partial charge < -0.3 is 10.6 Å². The predicted molar refractivity (Wildman–Crippen MR) is 90.1 cm³/mol. The predicted octanol–water partition coefficient (Wildman–Crippen LogP) is 3.67. The Hall–Kier alpha value is -0.420. The van der Waals surface area contributed by atoms with Crippen molar-refractivity contribution in [3.05, 3.63) is 28.2 Å². The van der Waals surface area contributed by atoms with Gasteiger partial charge in [0.25, 0.3) is 0 Å². The van der Waals surface area contributed by atoms with Gasteiger partial charge >= 0.3 is 0 Å². The summed E-state index contributed by atoms with van der Waals surface area (Å²) in [5.41, 5.74) is 5.96. The van der Waals surface area contributed by atoms with Crippen LogP contribution in [0.4, 0.5) is 0 Å². The van der Waals surface area contributed by atoms with Gasteiger partial charge in [-0.3, -0.25) is 4.79 Å². The Balaban J connectivity index is 1.91. The van der Waals surface area contributed by atoms with Gasteiger partial charge in [-0.25, -0.2) is 0 Å². The molecule has 0 spiro atoms. The van der Waals surface area contributed by atoms with Crippen molar-refractivity contribution in [3.8, 4) is 0 Å². The minimum atomic E-state index is 0.135. The van der Waals surface area contributed by atoms with Gasteiger partial charge in [0.15, 0.2) is 0 Å². The number of amides is 1. The molecule has 2 N–H and O–H groups in total. The van der Waals surface area contributed by atoms with Crippen LogP contribution < -0.4 is 5.73 Å². The van der Waals surface area contributed by atoms with Crippen LogP contribution in [0, 0.1) is 5.92 Å². The molecule has 1 saturated heterocycles. The lowest BCUT2D eigenvalue weighted by atomic mass is 9.92. The number of likely N-dealkylation sites (tertiary alicyclic amines) is 1. The number of halogens is 2. The van der Waals surface area contributed by atoms with Crippen molar-refractivity contribution in [3.63, 3.8) is 0 Å². The molecular weight excluding hydrogens is 327 g/mol. The molecule has 0 bridgehead atoms. The summed E-state index contributed by atoms with van der Waals surface area (Å²) in [5.74, 6) is 0.926. The molecule has 1 heterocycles. The zero-order chi connectivity index (χ0) is 15.4. The summed E-state index contributed by atoms with van der Waals surface area (Å²) in [6.45, 7) is 3.60. The molecule has 2 atom stereocenters. The molecule has 3 nitrogen and oxygen atoms in total. The quantitative estimate of drug-likeness (QED) is 0.846. The summed E-state index contributed by atoms with van der Waals surface area (Å²) in [4.78, 5) is 15.1. The normalized spacial score (nSPS) is 20.4. The Kier molecular flexibility index (Phi) is 6.23. The highest BCUT2D eigenvalue weighted by atomic mass is 35.5. The molecule has 1 aliphatic rings. The molecule has 0 saturated carbocycles. The van der Waals surface area contributed by atoms with Crippen molar-refractivity contribution in [1.82, 2.24) is 4.90 Å². The van der Waals surface area contributed by atoms with Crippen LogP contribution in [0.3, 0.4) is 0 Å². The lowest BCUT2D eigenvalue weighted by Gasteiger charge is -2.34. The zero-order valence-electron chi connectivity index (χ0n) is 12.0. The molecular formula is C15H20Cl2N2OS. The Morgan fingerprint density at radius 3 is 3.00 bits per heavy atom. The highest BCUT2D eigenvalue weighted by Gasteiger charge is 2.25. The van der Waals surface area contributed by atoms with Gasteiger partial charge in [-0.2, -0.15) is 0 Å². The van der Waals surface area contributed by atoms with Crippen LogP contribution in [-0.2, 0) is 4.79 Å². The van der Waals surface area contributed by atoms with Gasteiger partial charge in [0.2, 0.25) is 5.91 Å². The average Bonchev–Trinajstić information content (AvgIpc) is 2.48. The van der Waals surface area contributed by atoms with Gasteiger partial charge in [-0.15, -0.1) is 11.8 Å². The van der Waals surface area contributed by atoms with E-state index in [1.54, 1.807) is 18.2 Å². The van der Waals surface area contributed by atoms with Crippen LogP contribution in [0.2, 0.25) is 10.0 Å². The number of thioether (sulfide) groups is 1. The summed E-state index contributed by atoms with van der Waals surface area (Å²) in [6.07, 6.45) is 2.13. The first-order chi connectivity index (χ1) is 9.97. The first-order valence-corrected chi connectivity index (χ1v) is 8.82. The summed E-state index contributed by atoms with van der Waals surface area (Å²) in [7, 11) is 0. The SMILES string of the molecule is CC(N)C1CCCN(C(=O)CSc2cc(Cl)ccc2Cl)C1. The Morgan fingerprint density at radius 2 is 2.29 bits per heavy atom. The van der Waals surface area contributed by atoms with E-state index in [1.165, 1.54) is 11.8 Å². The van der Waals surface area contributed by atoms with E-state index in [0.29, 0.717) is 21.7 Å². The number of piperidine rings is 1. The average molecular weight is 347 g/mol. The van der Waals surface area contributed by atoms with Crippen molar-refractivity contribution < 1.29 is 4.79 Å². The number of carbonyl (C=O) groups excluding carboxylic acids is 1. The summed E-state index contributed by atoms with van der Waals surface area (Å²) in [6, 6.07) is 5.43. The molecule has 21 heavy (non-hydrogen) atoms. The summed E-state index contributed by atoms with van der Waals surface area (Å²) < 4.78 is 0. The fourth-order valence-electron chi connectivity index (χ4n) is 2.48. The van der Waals surface area contributed by atoms with Crippen LogP contribution in [-0.4, -0.2) is 35.7 Å². The number of hydrogen-bond donors (Lipinski definition) is 1. The van der Waals surface area contributed by atoms with Gasteiger partial charge in [0, 0.05) is 29.0 Å². The van der Waals surface area contributed by atoms with E-state index in [-0.39, 0.29) is 11.9 Å². The maximum absolute atomic E-state index is 12.3.